The third-order valence-electron chi connectivity index (χ3n) is 4.07. The van der Waals surface area contributed by atoms with Crippen LogP contribution in [0.4, 0.5) is 5.69 Å². The first-order valence-electron chi connectivity index (χ1n) is 8.55. The van der Waals surface area contributed by atoms with Gasteiger partial charge in [-0.25, -0.2) is 4.68 Å². The molecule has 0 spiro atoms. The molecule has 0 radical (unpaired) electrons. The first-order valence-corrected chi connectivity index (χ1v) is 8.93. The van der Waals surface area contributed by atoms with E-state index < -0.39 is 0 Å². The number of halogens is 1. The topological polar surface area (TPSA) is 42.2 Å². The monoisotopic (exact) mass is 372 g/mol. The number of para-hydroxylation sites is 2. The van der Waals surface area contributed by atoms with Crippen LogP contribution >= 0.6 is 11.6 Å². The van der Waals surface area contributed by atoms with E-state index in [-0.39, 0.29) is 0 Å². The Morgan fingerprint density at radius 3 is 2.26 bits per heavy atom. The van der Waals surface area contributed by atoms with Crippen LogP contribution in [-0.4, -0.2) is 16.0 Å². The fraction of sp³-hybridized carbons (Fsp3) is 0. The Balaban J connectivity index is 1.69. The summed E-state index contributed by atoms with van der Waals surface area (Å²) in [5.41, 5.74) is 7.55. The van der Waals surface area contributed by atoms with Crippen molar-refractivity contribution in [1.82, 2.24) is 9.78 Å². The second-order valence-electron chi connectivity index (χ2n) is 5.93. The van der Waals surface area contributed by atoms with Gasteiger partial charge in [-0.1, -0.05) is 72.3 Å². The summed E-state index contributed by atoms with van der Waals surface area (Å²) < 4.78 is 1.86. The van der Waals surface area contributed by atoms with Crippen LogP contribution in [0.2, 0.25) is 5.02 Å². The molecule has 0 fully saturated rings. The quantitative estimate of drug-likeness (QED) is 0.364. The summed E-state index contributed by atoms with van der Waals surface area (Å²) in [6.45, 7) is 0. The van der Waals surface area contributed by atoms with Crippen molar-refractivity contribution in [3.05, 3.63) is 102 Å². The number of benzene rings is 3. The van der Waals surface area contributed by atoms with Crippen LogP contribution in [-0.2, 0) is 0 Å². The van der Waals surface area contributed by atoms with E-state index in [1.807, 2.05) is 95.8 Å². The van der Waals surface area contributed by atoms with Gasteiger partial charge >= 0.3 is 0 Å². The Labute approximate surface area is 162 Å². The smallest absolute Gasteiger partial charge is 0.102 e. The van der Waals surface area contributed by atoms with Gasteiger partial charge in [0.05, 0.1) is 22.6 Å². The normalized spacial score (nSPS) is 11.0. The van der Waals surface area contributed by atoms with Gasteiger partial charge in [0.25, 0.3) is 0 Å². The van der Waals surface area contributed by atoms with Gasteiger partial charge in [0, 0.05) is 17.3 Å². The standard InChI is InChI=1S/C22H17ClN4/c23-20-13-7-8-14-21(20)25-24-15-18-16-27(19-11-5-2-6-12-19)26-22(18)17-9-3-1-4-10-17/h1-16,25H. The van der Waals surface area contributed by atoms with Crippen LogP contribution in [0.3, 0.4) is 0 Å². The summed E-state index contributed by atoms with van der Waals surface area (Å²) >= 11 is 6.16. The summed E-state index contributed by atoms with van der Waals surface area (Å²) in [7, 11) is 0. The number of nitrogens with one attached hydrogen (secondary N) is 1. The lowest BCUT2D eigenvalue weighted by molar-refractivity contribution is 0.884. The van der Waals surface area contributed by atoms with Crippen molar-refractivity contribution in [3.63, 3.8) is 0 Å². The van der Waals surface area contributed by atoms with Crippen LogP contribution in [0.15, 0.2) is 96.2 Å². The van der Waals surface area contributed by atoms with Crippen molar-refractivity contribution in [2.24, 2.45) is 5.10 Å². The molecule has 4 nitrogen and oxygen atoms in total. The lowest BCUT2D eigenvalue weighted by Gasteiger charge is -2.02. The van der Waals surface area contributed by atoms with Gasteiger partial charge in [0.1, 0.15) is 5.69 Å². The molecule has 0 saturated carbocycles. The van der Waals surface area contributed by atoms with Crippen molar-refractivity contribution < 1.29 is 0 Å². The highest BCUT2D eigenvalue weighted by Gasteiger charge is 2.10. The lowest BCUT2D eigenvalue weighted by Crippen LogP contribution is -1.93. The number of nitrogens with zero attached hydrogens (tertiary/aromatic N) is 3. The Hall–Kier alpha value is -3.37. The summed E-state index contributed by atoms with van der Waals surface area (Å²) in [5, 5.41) is 9.74. The van der Waals surface area contributed by atoms with Gasteiger partial charge in [-0.2, -0.15) is 10.2 Å². The van der Waals surface area contributed by atoms with Crippen molar-refractivity contribution in [3.8, 4) is 16.9 Å². The van der Waals surface area contributed by atoms with Crippen molar-refractivity contribution in [2.75, 3.05) is 5.43 Å². The molecule has 4 rings (SSSR count). The van der Waals surface area contributed by atoms with Crippen LogP contribution in [0, 0.1) is 0 Å². The highest BCUT2D eigenvalue weighted by atomic mass is 35.5. The Morgan fingerprint density at radius 2 is 1.52 bits per heavy atom. The predicted octanol–water partition coefficient (Wildman–Crippen LogP) is 5.64. The van der Waals surface area contributed by atoms with Crippen molar-refractivity contribution in [2.45, 2.75) is 0 Å². The van der Waals surface area contributed by atoms with Crippen molar-refractivity contribution in [1.29, 1.82) is 0 Å². The molecule has 0 aliphatic carbocycles. The minimum Gasteiger partial charge on any atom is -0.277 e. The zero-order valence-corrected chi connectivity index (χ0v) is 15.2. The molecule has 0 amide bonds. The third kappa shape index (κ3) is 3.91. The van der Waals surface area contributed by atoms with Gasteiger partial charge in [-0.15, -0.1) is 0 Å². The fourth-order valence-corrected chi connectivity index (χ4v) is 2.92. The number of hydrazone groups is 1. The molecule has 0 unspecified atom stereocenters. The van der Waals surface area contributed by atoms with E-state index in [2.05, 4.69) is 10.5 Å². The van der Waals surface area contributed by atoms with Crippen LogP contribution in [0.1, 0.15) is 5.56 Å². The van der Waals surface area contributed by atoms with Crippen LogP contribution < -0.4 is 5.43 Å². The summed E-state index contributed by atoms with van der Waals surface area (Å²) in [4.78, 5) is 0. The highest BCUT2D eigenvalue weighted by Crippen LogP contribution is 2.23. The van der Waals surface area contributed by atoms with Gasteiger partial charge in [0.2, 0.25) is 0 Å². The first kappa shape index (κ1) is 17.1. The van der Waals surface area contributed by atoms with E-state index in [0.29, 0.717) is 5.02 Å². The predicted molar refractivity (Wildman–Crippen MR) is 112 cm³/mol. The number of rotatable bonds is 5. The van der Waals surface area contributed by atoms with Crippen molar-refractivity contribution >= 4 is 23.5 Å². The zero-order valence-electron chi connectivity index (χ0n) is 14.5. The molecule has 0 aliphatic rings. The molecule has 1 N–H and O–H groups in total. The summed E-state index contributed by atoms with van der Waals surface area (Å²) in [6, 6.07) is 27.6. The lowest BCUT2D eigenvalue weighted by atomic mass is 10.1. The van der Waals surface area contributed by atoms with Gasteiger partial charge < -0.3 is 0 Å². The van der Waals surface area contributed by atoms with E-state index in [1.165, 1.54) is 0 Å². The molecule has 1 aromatic heterocycles. The first-order chi connectivity index (χ1) is 13.3. The number of hydrogen-bond acceptors (Lipinski definition) is 3. The maximum absolute atomic E-state index is 6.16. The van der Waals surface area contributed by atoms with Gasteiger partial charge in [-0.3, -0.25) is 5.43 Å². The molecular formula is C22H17ClN4. The third-order valence-corrected chi connectivity index (χ3v) is 4.40. The zero-order chi connectivity index (χ0) is 18.5. The van der Waals surface area contributed by atoms with E-state index in [1.54, 1.807) is 6.21 Å². The van der Waals surface area contributed by atoms with Gasteiger partial charge in [-0.05, 0) is 24.3 Å². The second kappa shape index (κ2) is 7.89. The Bertz CT molecular complexity index is 1060. The number of hydrogen-bond donors (Lipinski definition) is 1. The minimum absolute atomic E-state index is 0.623. The maximum atomic E-state index is 6.16. The molecular weight excluding hydrogens is 356 g/mol. The number of anilines is 1. The molecule has 4 aromatic rings. The molecule has 0 saturated heterocycles. The molecule has 0 atom stereocenters. The summed E-state index contributed by atoms with van der Waals surface area (Å²) in [5.74, 6) is 0. The molecule has 3 aromatic carbocycles. The largest absolute Gasteiger partial charge is 0.277 e. The Kier molecular flexibility index (Phi) is 4.99. The van der Waals surface area contributed by atoms with Gasteiger partial charge in [0.15, 0.2) is 0 Å². The molecule has 5 heteroatoms. The SMILES string of the molecule is Clc1ccccc1NN=Cc1cn(-c2ccccc2)nc1-c1ccccc1. The average Bonchev–Trinajstić information content (AvgIpc) is 3.15. The molecule has 0 bridgehead atoms. The molecule has 0 aliphatic heterocycles. The Morgan fingerprint density at radius 1 is 0.852 bits per heavy atom. The second-order valence-corrected chi connectivity index (χ2v) is 6.34. The minimum atomic E-state index is 0.623. The van der Waals surface area contributed by atoms with E-state index in [0.717, 1.165) is 28.2 Å². The number of aromatic nitrogens is 2. The van der Waals surface area contributed by atoms with E-state index >= 15 is 0 Å². The van der Waals surface area contributed by atoms with Crippen LogP contribution in [0.25, 0.3) is 16.9 Å². The molecule has 132 valence electrons. The maximum Gasteiger partial charge on any atom is 0.102 e. The molecule has 1 heterocycles. The van der Waals surface area contributed by atoms with Crippen LogP contribution in [0.5, 0.6) is 0 Å². The fourth-order valence-electron chi connectivity index (χ4n) is 2.74. The summed E-state index contributed by atoms with van der Waals surface area (Å²) in [6.07, 6.45) is 3.73. The van der Waals surface area contributed by atoms with E-state index in [9.17, 15) is 0 Å². The average molecular weight is 373 g/mol. The molecule has 27 heavy (non-hydrogen) atoms. The van der Waals surface area contributed by atoms with E-state index in [4.69, 9.17) is 16.7 Å². The highest BCUT2D eigenvalue weighted by molar-refractivity contribution is 6.33.